The Morgan fingerprint density at radius 2 is 2.20 bits per heavy atom. The number of imidazole rings is 1. The smallest absolute Gasteiger partial charge is 0.214 e. The van der Waals surface area contributed by atoms with Crippen LogP contribution in [-0.2, 0) is 0 Å². The Labute approximate surface area is 56.3 Å². The lowest BCUT2D eigenvalue weighted by Gasteiger charge is -1.98. The van der Waals surface area contributed by atoms with Crippen LogP contribution in [0.5, 0.6) is 0 Å². The van der Waals surface area contributed by atoms with Crippen molar-refractivity contribution in [2.24, 2.45) is 0 Å². The molecule has 0 spiro atoms. The van der Waals surface area contributed by atoms with Crippen molar-refractivity contribution in [1.29, 1.82) is 0 Å². The first kappa shape index (κ1) is 5.16. The summed E-state index contributed by atoms with van der Waals surface area (Å²) in [6.07, 6.45) is 4.21. The van der Waals surface area contributed by atoms with Crippen molar-refractivity contribution in [2.75, 3.05) is 0 Å². The molecule has 0 amide bonds. The van der Waals surface area contributed by atoms with Crippen LogP contribution >= 0.6 is 0 Å². The molecule has 2 rings (SSSR count). The molecule has 10 heavy (non-hydrogen) atoms. The molecule has 1 N–H and O–H groups in total. The molecule has 0 fully saturated rings. The number of hydrogen-bond acceptors (Lipinski definition) is 4. The van der Waals surface area contributed by atoms with Crippen molar-refractivity contribution in [1.82, 2.24) is 19.7 Å². The second-order valence-corrected chi connectivity index (χ2v) is 1.79. The standard InChI is InChI=1S/C5H4N4O/c10-9-2-1-6-4-5(9)8-3-7-4/h1-3,10H. The maximum Gasteiger partial charge on any atom is 0.214 e. The normalized spacial score (nSPS) is 10.4. The van der Waals surface area contributed by atoms with Crippen LogP contribution in [0.25, 0.3) is 11.6 Å². The van der Waals surface area contributed by atoms with Gasteiger partial charge in [-0.2, -0.15) is 4.73 Å². The molecule has 0 unspecified atom stereocenters. The fraction of sp³-hybridized carbons (Fsp3) is 0. The van der Waals surface area contributed by atoms with E-state index in [1.807, 2.05) is 0 Å². The van der Waals surface area contributed by atoms with E-state index in [0.29, 0.717) is 11.6 Å². The minimum absolute atomic E-state index is 0.377. The number of fused-ring (bicyclic) bond motifs is 1. The molecule has 0 aromatic carbocycles. The molecule has 0 aromatic heterocycles. The third-order valence-corrected chi connectivity index (χ3v) is 1.18. The van der Waals surface area contributed by atoms with Crippen molar-refractivity contribution in [2.45, 2.75) is 0 Å². The lowest BCUT2D eigenvalue weighted by molar-refractivity contribution is 0.185. The van der Waals surface area contributed by atoms with Gasteiger partial charge in [0.1, 0.15) is 6.33 Å². The van der Waals surface area contributed by atoms with Crippen molar-refractivity contribution in [3.8, 4) is 11.6 Å². The van der Waals surface area contributed by atoms with E-state index < -0.39 is 0 Å². The zero-order valence-corrected chi connectivity index (χ0v) is 4.97. The minimum Gasteiger partial charge on any atom is -0.427 e. The van der Waals surface area contributed by atoms with E-state index in [4.69, 9.17) is 5.21 Å². The highest BCUT2D eigenvalue weighted by Crippen LogP contribution is 2.09. The van der Waals surface area contributed by atoms with Crippen molar-refractivity contribution >= 4 is 0 Å². The SMILES string of the molecule is On1ccnc2ncnc1-2. The van der Waals surface area contributed by atoms with Gasteiger partial charge in [0.25, 0.3) is 0 Å². The maximum atomic E-state index is 9.03. The zero-order chi connectivity index (χ0) is 6.97. The molecule has 0 saturated carbocycles. The lowest BCUT2D eigenvalue weighted by atomic mass is 10.5. The van der Waals surface area contributed by atoms with Gasteiger partial charge in [0.05, 0.1) is 6.20 Å². The Balaban J connectivity index is 2.80. The van der Waals surface area contributed by atoms with Crippen molar-refractivity contribution in [3.63, 3.8) is 0 Å². The largest absolute Gasteiger partial charge is 0.427 e. The minimum atomic E-state index is 0.377. The first-order valence-electron chi connectivity index (χ1n) is 2.71. The van der Waals surface area contributed by atoms with Gasteiger partial charge >= 0.3 is 0 Å². The van der Waals surface area contributed by atoms with Crippen LogP contribution < -0.4 is 0 Å². The highest BCUT2D eigenvalue weighted by atomic mass is 16.5. The third kappa shape index (κ3) is 0.540. The second kappa shape index (κ2) is 1.66. The van der Waals surface area contributed by atoms with Crippen LogP contribution in [-0.4, -0.2) is 24.9 Å². The molecule has 5 nitrogen and oxygen atoms in total. The summed E-state index contributed by atoms with van der Waals surface area (Å²) >= 11 is 0. The van der Waals surface area contributed by atoms with Crippen molar-refractivity contribution < 1.29 is 5.21 Å². The Kier molecular flexibility index (Phi) is 0.858. The third-order valence-electron chi connectivity index (χ3n) is 1.18. The van der Waals surface area contributed by atoms with Crippen LogP contribution in [0.1, 0.15) is 0 Å². The van der Waals surface area contributed by atoms with Crippen LogP contribution in [0, 0.1) is 0 Å². The summed E-state index contributed by atoms with van der Waals surface area (Å²) in [6, 6.07) is 0. The molecule has 2 heterocycles. The van der Waals surface area contributed by atoms with E-state index in [1.54, 1.807) is 0 Å². The molecule has 5 heteroatoms. The molecule has 0 saturated heterocycles. The van der Waals surface area contributed by atoms with Gasteiger partial charge < -0.3 is 5.21 Å². The van der Waals surface area contributed by atoms with E-state index in [9.17, 15) is 0 Å². The van der Waals surface area contributed by atoms with Gasteiger partial charge in [0.15, 0.2) is 0 Å². The quantitative estimate of drug-likeness (QED) is 0.518. The molecule has 0 aromatic rings. The maximum absolute atomic E-state index is 9.03. The summed E-state index contributed by atoms with van der Waals surface area (Å²) in [7, 11) is 0. The Morgan fingerprint density at radius 3 is 3.00 bits per heavy atom. The van der Waals surface area contributed by atoms with E-state index in [2.05, 4.69) is 15.0 Å². The van der Waals surface area contributed by atoms with Gasteiger partial charge in [0, 0.05) is 6.20 Å². The molecule has 0 bridgehead atoms. The van der Waals surface area contributed by atoms with Crippen LogP contribution in [0.3, 0.4) is 0 Å². The second-order valence-electron chi connectivity index (χ2n) is 1.79. The first-order chi connectivity index (χ1) is 4.88. The Bertz CT molecular complexity index is 318. The highest BCUT2D eigenvalue weighted by Gasteiger charge is 2.08. The summed E-state index contributed by atoms with van der Waals surface area (Å²) in [4.78, 5) is 11.4. The summed E-state index contributed by atoms with van der Waals surface area (Å²) in [6.45, 7) is 0. The summed E-state index contributed by atoms with van der Waals surface area (Å²) < 4.78 is 0.884. The van der Waals surface area contributed by atoms with Gasteiger partial charge in [-0.15, -0.1) is 0 Å². The lowest BCUT2D eigenvalue weighted by Crippen LogP contribution is -1.99. The number of aromatic nitrogens is 4. The fourth-order valence-corrected chi connectivity index (χ4v) is 0.744. The average Bonchev–Trinajstić information content (AvgIpc) is 2.36. The average molecular weight is 136 g/mol. The molecule has 50 valence electrons. The topological polar surface area (TPSA) is 63.8 Å². The molecule has 0 radical (unpaired) electrons. The van der Waals surface area contributed by atoms with Crippen LogP contribution in [0.2, 0.25) is 0 Å². The van der Waals surface area contributed by atoms with Crippen LogP contribution in [0.15, 0.2) is 18.7 Å². The van der Waals surface area contributed by atoms with Gasteiger partial charge in [-0.1, -0.05) is 0 Å². The first-order valence-corrected chi connectivity index (χ1v) is 2.71. The summed E-state index contributed by atoms with van der Waals surface area (Å²) in [5.41, 5.74) is 0. The summed E-state index contributed by atoms with van der Waals surface area (Å²) in [5.74, 6) is 0.826. The molecular formula is C5H4N4O. The Morgan fingerprint density at radius 1 is 1.30 bits per heavy atom. The zero-order valence-electron chi connectivity index (χ0n) is 4.97. The monoisotopic (exact) mass is 136 g/mol. The predicted molar refractivity (Wildman–Crippen MR) is 31.6 cm³/mol. The van der Waals surface area contributed by atoms with Gasteiger partial charge in [-0.05, 0) is 0 Å². The molecule has 2 aliphatic heterocycles. The fourth-order valence-electron chi connectivity index (χ4n) is 0.744. The van der Waals surface area contributed by atoms with E-state index >= 15 is 0 Å². The van der Waals surface area contributed by atoms with Gasteiger partial charge in [0.2, 0.25) is 11.6 Å². The van der Waals surface area contributed by atoms with E-state index in [-0.39, 0.29) is 0 Å². The molecule has 2 aliphatic rings. The van der Waals surface area contributed by atoms with E-state index in [0.717, 1.165) is 4.73 Å². The highest BCUT2D eigenvalue weighted by molar-refractivity contribution is 5.42. The number of rotatable bonds is 0. The molecular weight excluding hydrogens is 132 g/mol. The van der Waals surface area contributed by atoms with Gasteiger partial charge in [-0.3, -0.25) is 0 Å². The summed E-state index contributed by atoms with van der Waals surface area (Å²) in [5, 5.41) is 9.03. The van der Waals surface area contributed by atoms with Gasteiger partial charge in [-0.25, -0.2) is 15.0 Å². The number of nitrogens with zero attached hydrogens (tertiary/aromatic N) is 4. The van der Waals surface area contributed by atoms with Crippen molar-refractivity contribution in [3.05, 3.63) is 18.7 Å². The van der Waals surface area contributed by atoms with Crippen LogP contribution in [0.4, 0.5) is 0 Å². The predicted octanol–water partition coefficient (Wildman–Crippen LogP) is 0.0152. The molecule has 0 atom stereocenters. The number of hydrogen-bond donors (Lipinski definition) is 1. The Hall–Kier alpha value is -1.65. The molecule has 0 aliphatic carbocycles. The van der Waals surface area contributed by atoms with E-state index in [1.165, 1.54) is 18.7 Å².